The summed E-state index contributed by atoms with van der Waals surface area (Å²) in [6.45, 7) is 9.14. The van der Waals surface area contributed by atoms with Gasteiger partial charge in [0.15, 0.2) is 0 Å². The quantitative estimate of drug-likeness (QED) is 0.651. The van der Waals surface area contributed by atoms with Crippen molar-refractivity contribution < 1.29 is 0 Å². The van der Waals surface area contributed by atoms with Crippen LogP contribution < -0.4 is 0 Å². The predicted molar refractivity (Wildman–Crippen MR) is 56.8 cm³/mol. The first-order valence-electron chi connectivity index (χ1n) is 5.20. The fourth-order valence-corrected chi connectivity index (χ4v) is 1.54. The summed E-state index contributed by atoms with van der Waals surface area (Å²) in [6.07, 6.45) is 5.50. The molecule has 0 unspecified atom stereocenters. The average molecular weight is 180 g/mol. The van der Waals surface area contributed by atoms with Gasteiger partial charge in [-0.1, -0.05) is 13.8 Å². The Balaban J connectivity index is 2.13. The molecule has 1 aromatic heterocycles. The minimum atomic E-state index is 1.14. The number of nitrogens with zero attached hydrogens (tertiary/aromatic N) is 2. The van der Waals surface area contributed by atoms with Crippen LogP contribution in [0.5, 0.6) is 0 Å². The topological polar surface area (TPSA) is 8.17 Å². The van der Waals surface area contributed by atoms with Crippen molar-refractivity contribution in [2.75, 3.05) is 19.6 Å². The van der Waals surface area contributed by atoms with Crippen molar-refractivity contribution in [3.8, 4) is 0 Å². The highest BCUT2D eigenvalue weighted by atomic mass is 15.1. The van der Waals surface area contributed by atoms with Crippen molar-refractivity contribution in [1.82, 2.24) is 9.47 Å². The maximum Gasteiger partial charge on any atom is 0.0231 e. The van der Waals surface area contributed by atoms with Gasteiger partial charge in [0.25, 0.3) is 0 Å². The third kappa shape index (κ3) is 3.64. The molecule has 74 valence electrons. The molecule has 0 aliphatic heterocycles. The Bertz CT molecular complexity index is 200. The summed E-state index contributed by atoms with van der Waals surface area (Å²) in [7, 11) is 0. The second-order valence-electron chi connectivity index (χ2n) is 3.30. The molecule has 2 nitrogen and oxygen atoms in total. The van der Waals surface area contributed by atoms with Crippen molar-refractivity contribution in [2.24, 2.45) is 0 Å². The zero-order valence-corrected chi connectivity index (χ0v) is 8.74. The lowest BCUT2D eigenvalue weighted by Crippen LogP contribution is -2.24. The molecule has 13 heavy (non-hydrogen) atoms. The van der Waals surface area contributed by atoms with E-state index in [1.807, 2.05) is 0 Å². The lowest BCUT2D eigenvalue weighted by atomic mass is 10.3. The minimum Gasteiger partial charge on any atom is -0.354 e. The van der Waals surface area contributed by atoms with E-state index in [4.69, 9.17) is 0 Å². The van der Waals surface area contributed by atoms with Gasteiger partial charge in [-0.3, -0.25) is 0 Å². The van der Waals surface area contributed by atoms with E-state index in [2.05, 4.69) is 47.8 Å². The Morgan fingerprint density at radius 2 is 1.69 bits per heavy atom. The molecule has 0 saturated heterocycles. The molecule has 1 aromatic rings. The van der Waals surface area contributed by atoms with Crippen LogP contribution in [0.1, 0.15) is 20.3 Å². The molecular weight excluding hydrogens is 160 g/mol. The smallest absolute Gasteiger partial charge is 0.0231 e. The number of hydrogen-bond acceptors (Lipinski definition) is 1. The second kappa shape index (κ2) is 5.81. The normalized spacial score (nSPS) is 11.0. The van der Waals surface area contributed by atoms with Crippen molar-refractivity contribution in [3.05, 3.63) is 24.5 Å². The first-order valence-corrected chi connectivity index (χ1v) is 5.20. The second-order valence-corrected chi connectivity index (χ2v) is 3.30. The van der Waals surface area contributed by atoms with Gasteiger partial charge in [0.2, 0.25) is 0 Å². The fourth-order valence-electron chi connectivity index (χ4n) is 1.54. The molecule has 0 fully saturated rings. The van der Waals surface area contributed by atoms with E-state index in [1.165, 1.54) is 26.1 Å². The van der Waals surface area contributed by atoms with Gasteiger partial charge in [-0.2, -0.15) is 0 Å². The summed E-state index contributed by atoms with van der Waals surface area (Å²) in [5.74, 6) is 0. The number of aryl methyl sites for hydroxylation is 1. The summed E-state index contributed by atoms with van der Waals surface area (Å²) in [6, 6.07) is 4.16. The van der Waals surface area contributed by atoms with Gasteiger partial charge >= 0.3 is 0 Å². The molecule has 2 heteroatoms. The SMILES string of the molecule is CCN(CC)CCCn1cccc1. The molecule has 1 rings (SSSR count). The predicted octanol–water partition coefficient (Wildman–Crippen LogP) is 2.22. The van der Waals surface area contributed by atoms with Crippen LogP contribution in [0.25, 0.3) is 0 Å². The molecule has 1 heterocycles. The highest BCUT2D eigenvalue weighted by molar-refractivity contribution is 4.90. The van der Waals surface area contributed by atoms with E-state index >= 15 is 0 Å². The number of aromatic nitrogens is 1. The van der Waals surface area contributed by atoms with Gasteiger partial charge in [-0.25, -0.2) is 0 Å². The third-order valence-corrected chi connectivity index (χ3v) is 2.45. The Hall–Kier alpha value is -0.760. The van der Waals surface area contributed by atoms with E-state index in [0.29, 0.717) is 0 Å². The van der Waals surface area contributed by atoms with Crippen molar-refractivity contribution in [1.29, 1.82) is 0 Å². The summed E-state index contributed by atoms with van der Waals surface area (Å²) < 4.78 is 2.24. The molecule has 0 aliphatic carbocycles. The lowest BCUT2D eigenvalue weighted by molar-refractivity contribution is 0.293. The molecule has 0 amide bonds. The van der Waals surface area contributed by atoms with Crippen molar-refractivity contribution >= 4 is 0 Å². The third-order valence-electron chi connectivity index (χ3n) is 2.45. The van der Waals surface area contributed by atoms with E-state index in [0.717, 1.165) is 6.54 Å². The van der Waals surface area contributed by atoms with Crippen LogP contribution >= 0.6 is 0 Å². The molecule has 0 aromatic carbocycles. The zero-order valence-electron chi connectivity index (χ0n) is 8.74. The standard InChI is InChI=1S/C11H20N2/c1-3-12(4-2)10-7-11-13-8-5-6-9-13/h5-6,8-9H,3-4,7,10-11H2,1-2H3. The fraction of sp³-hybridized carbons (Fsp3) is 0.636. The van der Waals surface area contributed by atoms with Crippen LogP contribution in [0.15, 0.2) is 24.5 Å². The summed E-state index contributed by atoms with van der Waals surface area (Å²) in [5.41, 5.74) is 0. The maximum atomic E-state index is 2.46. The maximum absolute atomic E-state index is 2.46. The number of hydrogen-bond donors (Lipinski definition) is 0. The van der Waals surface area contributed by atoms with E-state index < -0.39 is 0 Å². The van der Waals surface area contributed by atoms with Crippen LogP contribution in [0.2, 0.25) is 0 Å². The highest BCUT2D eigenvalue weighted by Gasteiger charge is 1.97. The highest BCUT2D eigenvalue weighted by Crippen LogP contribution is 1.96. The van der Waals surface area contributed by atoms with Crippen LogP contribution in [0, 0.1) is 0 Å². The van der Waals surface area contributed by atoms with Gasteiger partial charge in [0.1, 0.15) is 0 Å². The largest absolute Gasteiger partial charge is 0.354 e. The van der Waals surface area contributed by atoms with Gasteiger partial charge < -0.3 is 9.47 Å². The monoisotopic (exact) mass is 180 g/mol. The average Bonchev–Trinajstić information content (AvgIpc) is 2.65. The minimum absolute atomic E-state index is 1.14. The van der Waals surface area contributed by atoms with Crippen LogP contribution in [0.3, 0.4) is 0 Å². The van der Waals surface area contributed by atoms with Gasteiger partial charge in [0.05, 0.1) is 0 Å². The lowest BCUT2D eigenvalue weighted by Gasteiger charge is -2.17. The van der Waals surface area contributed by atoms with Crippen molar-refractivity contribution in [3.63, 3.8) is 0 Å². The molecule has 0 aliphatic rings. The van der Waals surface area contributed by atoms with Crippen molar-refractivity contribution in [2.45, 2.75) is 26.8 Å². The van der Waals surface area contributed by atoms with Gasteiger partial charge in [-0.15, -0.1) is 0 Å². The summed E-state index contributed by atoms with van der Waals surface area (Å²) in [4.78, 5) is 2.46. The first kappa shape index (κ1) is 10.3. The van der Waals surface area contributed by atoms with Crippen LogP contribution in [-0.4, -0.2) is 29.1 Å². The Morgan fingerprint density at radius 1 is 1.08 bits per heavy atom. The van der Waals surface area contributed by atoms with Crippen LogP contribution in [0.4, 0.5) is 0 Å². The van der Waals surface area contributed by atoms with E-state index in [1.54, 1.807) is 0 Å². The number of rotatable bonds is 6. The van der Waals surface area contributed by atoms with Gasteiger partial charge in [-0.05, 0) is 38.2 Å². The van der Waals surface area contributed by atoms with Crippen LogP contribution in [-0.2, 0) is 6.54 Å². The molecule has 0 radical (unpaired) electrons. The first-order chi connectivity index (χ1) is 6.36. The molecule has 0 saturated carbocycles. The molecule has 0 bridgehead atoms. The summed E-state index contributed by atoms with van der Waals surface area (Å²) in [5, 5.41) is 0. The molecular formula is C11H20N2. The molecule has 0 N–H and O–H groups in total. The Kier molecular flexibility index (Phi) is 4.61. The Labute approximate surface area is 81.2 Å². The zero-order chi connectivity index (χ0) is 9.52. The summed E-state index contributed by atoms with van der Waals surface area (Å²) >= 11 is 0. The molecule has 0 atom stereocenters. The Morgan fingerprint density at radius 3 is 2.23 bits per heavy atom. The van der Waals surface area contributed by atoms with Gasteiger partial charge in [0, 0.05) is 18.9 Å². The van der Waals surface area contributed by atoms with E-state index in [-0.39, 0.29) is 0 Å². The van der Waals surface area contributed by atoms with E-state index in [9.17, 15) is 0 Å². The molecule has 0 spiro atoms.